The molecule has 0 nitrogen and oxygen atoms in total. The van der Waals surface area contributed by atoms with Crippen molar-refractivity contribution in [3.8, 4) is 0 Å². The summed E-state index contributed by atoms with van der Waals surface area (Å²) in [5, 5.41) is 0. The zero-order valence-corrected chi connectivity index (χ0v) is 18.4. The van der Waals surface area contributed by atoms with Gasteiger partial charge >= 0.3 is 0 Å². The van der Waals surface area contributed by atoms with Crippen LogP contribution in [0.3, 0.4) is 0 Å². The first-order valence-corrected chi connectivity index (χ1v) is 11.8. The van der Waals surface area contributed by atoms with Gasteiger partial charge in [0.25, 0.3) is 0 Å². The number of rotatable bonds is 16. The predicted molar refractivity (Wildman–Crippen MR) is 119 cm³/mol. The van der Waals surface area contributed by atoms with Crippen molar-refractivity contribution >= 4 is 0 Å². The van der Waals surface area contributed by atoms with Gasteiger partial charge in [-0.3, -0.25) is 0 Å². The van der Waals surface area contributed by atoms with Gasteiger partial charge < -0.3 is 0 Å². The summed E-state index contributed by atoms with van der Waals surface area (Å²) in [5.74, 6) is 0.787. The fraction of sp³-hybridized carbons (Fsp3) is 0.769. The van der Waals surface area contributed by atoms with E-state index in [2.05, 4.69) is 45.9 Å². The molecule has 1 atom stereocenters. The summed E-state index contributed by atoms with van der Waals surface area (Å²) < 4.78 is 0. The lowest BCUT2D eigenvalue weighted by Crippen LogP contribution is -2.01. The zero-order chi connectivity index (χ0) is 19.0. The highest BCUT2D eigenvalue weighted by Crippen LogP contribution is 2.30. The van der Waals surface area contributed by atoms with Crippen molar-refractivity contribution in [1.82, 2.24) is 0 Å². The number of benzene rings is 1. The summed E-state index contributed by atoms with van der Waals surface area (Å²) in [6, 6.07) is 7.23. The molecule has 0 radical (unpaired) electrons. The Morgan fingerprint density at radius 2 is 0.923 bits per heavy atom. The van der Waals surface area contributed by atoms with Crippen LogP contribution in [0.2, 0.25) is 0 Å². The van der Waals surface area contributed by atoms with E-state index in [1.54, 1.807) is 5.56 Å². The Labute approximate surface area is 165 Å². The summed E-state index contributed by atoms with van der Waals surface area (Å²) in [6.45, 7) is 9.12. The van der Waals surface area contributed by atoms with E-state index in [1.807, 2.05) is 0 Å². The first-order valence-electron chi connectivity index (χ1n) is 11.8. The number of aryl methyl sites for hydroxylation is 2. The van der Waals surface area contributed by atoms with Gasteiger partial charge in [-0.2, -0.15) is 0 Å². The van der Waals surface area contributed by atoms with Gasteiger partial charge in [-0.05, 0) is 38.2 Å². The molecule has 0 heterocycles. The van der Waals surface area contributed by atoms with E-state index in [1.165, 1.54) is 107 Å². The van der Waals surface area contributed by atoms with E-state index in [0.29, 0.717) is 0 Å². The van der Waals surface area contributed by atoms with Crippen LogP contribution < -0.4 is 0 Å². The van der Waals surface area contributed by atoms with Crippen molar-refractivity contribution in [1.29, 1.82) is 0 Å². The number of hydrogen-bond donors (Lipinski definition) is 0. The molecule has 0 aliphatic heterocycles. The van der Waals surface area contributed by atoms with Crippen molar-refractivity contribution in [3.05, 3.63) is 34.9 Å². The van der Waals surface area contributed by atoms with Crippen molar-refractivity contribution in [3.63, 3.8) is 0 Å². The summed E-state index contributed by atoms with van der Waals surface area (Å²) in [7, 11) is 0. The van der Waals surface area contributed by atoms with E-state index < -0.39 is 0 Å². The molecule has 0 amide bonds. The predicted octanol–water partition coefficient (Wildman–Crippen LogP) is 9.28. The topological polar surface area (TPSA) is 0 Å². The Kier molecular flexibility index (Phi) is 13.7. The summed E-state index contributed by atoms with van der Waals surface area (Å²) in [6.07, 6.45) is 21.2. The molecule has 1 aromatic carbocycles. The maximum Gasteiger partial charge on any atom is -0.0162 e. The lowest BCUT2D eigenvalue weighted by Gasteiger charge is -2.19. The molecular weight excluding hydrogens is 312 g/mol. The average Bonchev–Trinajstić information content (AvgIpc) is 2.61. The largest absolute Gasteiger partial charge is 0.0654 e. The first-order chi connectivity index (χ1) is 12.7. The maximum atomic E-state index is 2.45. The standard InChI is InChI=1S/C26H46/c1-5-7-9-11-13-15-17-19-25(18-16-14-12-10-8-6-2)26-21-23(3)20-24(4)22-26/h20-22,25H,5-19H2,1-4H3. The van der Waals surface area contributed by atoms with Gasteiger partial charge in [0.15, 0.2) is 0 Å². The Morgan fingerprint density at radius 1 is 0.538 bits per heavy atom. The number of unbranched alkanes of at least 4 members (excludes halogenated alkanes) is 11. The second kappa shape index (κ2) is 15.3. The van der Waals surface area contributed by atoms with Crippen molar-refractivity contribution < 1.29 is 0 Å². The molecule has 1 unspecified atom stereocenters. The molecule has 0 spiro atoms. The minimum absolute atomic E-state index is 0.787. The minimum Gasteiger partial charge on any atom is -0.0654 e. The molecule has 0 aromatic heterocycles. The highest BCUT2D eigenvalue weighted by atomic mass is 14.2. The summed E-state index contributed by atoms with van der Waals surface area (Å²) in [5.41, 5.74) is 4.49. The SMILES string of the molecule is CCCCCCCCCC(CCCCCCCC)c1cc(C)cc(C)c1. The van der Waals surface area contributed by atoms with Gasteiger partial charge in [-0.25, -0.2) is 0 Å². The van der Waals surface area contributed by atoms with Crippen LogP contribution in [0.25, 0.3) is 0 Å². The fourth-order valence-electron chi connectivity index (χ4n) is 4.24. The fourth-order valence-corrected chi connectivity index (χ4v) is 4.24. The molecule has 0 bridgehead atoms. The zero-order valence-electron chi connectivity index (χ0n) is 18.4. The monoisotopic (exact) mass is 358 g/mol. The lowest BCUT2D eigenvalue weighted by molar-refractivity contribution is 0.485. The maximum absolute atomic E-state index is 2.45. The Bertz CT molecular complexity index is 425. The molecule has 1 rings (SSSR count). The molecule has 0 aliphatic rings. The van der Waals surface area contributed by atoms with Crippen LogP contribution >= 0.6 is 0 Å². The highest BCUT2D eigenvalue weighted by molar-refractivity contribution is 5.31. The molecular formula is C26H46. The average molecular weight is 359 g/mol. The second-order valence-corrected chi connectivity index (χ2v) is 8.58. The van der Waals surface area contributed by atoms with Gasteiger partial charge in [-0.15, -0.1) is 0 Å². The number of hydrogen-bond acceptors (Lipinski definition) is 0. The van der Waals surface area contributed by atoms with Crippen molar-refractivity contribution in [2.24, 2.45) is 0 Å². The lowest BCUT2D eigenvalue weighted by atomic mass is 9.86. The van der Waals surface area contributed by atoms with Crippen LogP contribution in [0.15, 0.2) is 18.2 Å². The molecule has 0 saturated heterocycles. The van der Waals surface area contributed by atoms with Gasteiger partial charge in [0.05, 0.1) is 0 Å². The highest BCUT2D eigenvalue weighted by Gasteiger charge is 2.12. The summed E-state index contributed by atoms with van der Waals surface area (Å²) in [4.78, 5) is 0. The van der Waals surface area contributed by atoms with E-state index in [9.17, 15) is 0 Å². The van der Waals surface area contributed by atoms with Gasteiger partial charge in [0, 0.05) is 0 Å². The molecule has 1 aromatic rings. The van der Waals surface area contributed by atoms with E-state index in [4.69, 9.17) is 0 Å². The Morgan fingerprint density at radius 3 is 1.35 bits per heavy atom. The summed E-state index contributed by atoms with van der Waals surface area (Å²) >= 11 is 0. The molecule has 0 saturated carbocycles. The smallest absolute Gasteiger partial charge is 0.0162 e. The molecule has 0 N–H and O–H groups in total. The van der Waals surface area contributed by atoms with E-state index in [0.717, 1.165) is 5.92 Å². The van der Waals surface area contributed by atoms with Crippen molar-refractivity contribution in [2.75, 3.05) is 0 Å². The third kappa shape index (κ3) is 11.0. The Hall–Kier alpha value is -0.780. The van der Waals surface area contributed by atoms with Crippen LogP contribution in [0.5, 0.6) is 0 Å². The van der Waals surface area contributed by atoms with E-state index >= 15 is 0 Å². The third-order valence-electron chi connectivity index (χ3n) is 5.78. The van der Waals surface area contributed by atoms with Crippen LogP contribution in [0, 0.1) is 13.8 Å². The van der Waals surface area contributed by atoms with E-state index in [-0.39, 0.29) is 0 Å². The minimum atomic E-state index is 0.787. The van der Waals surface area contributed by atoms with Gasteiger partial charge in [0.1, 0.15) is 0 Å². The molecule has 150 valence electrons. The van der Waals surface area contributed by atoms with Crippen LogP contribution in [-0.4, -0.2) is 0 Å². The second-order valence-electron chi connectivity index (χ2n) is 8.58. The van der Waals surface area contributed by atoms with Crippen LogP contribution in [0.4, 0.5) is 0 Å². The van der Waals surface area contributed by atoms with Crippen LogP contribution in [-0.2, 0) is 0 Å². The Balaban J connectivity index is 2.42. The third-order valence-corrected chi connectivity index (χ3v) is 5.78. The molecule has 26 heavy (non-hydrogen) atoms. The van der Waals surface area contributed by atoms with Gasteiger partial charge in [0.2, 0.25) is 0 Å². The molecule has 0 fully saturated rings. The van der Waals surface area contributed by atoms with Crippen molar-refractivity contribution in [2.45, 2.75) is 130 Å². The normalized spacial score (nSPS) is 12.5. The van der Waals surface area contributed by atoms with Gasteiger partial charge in [-0.1, -0.05) is 127 Å². The molecule has 0 heteroatoms. The first kappa shape index (κ1) is 23.3. The molecule has 0 aliphatic carbocycles. The van der Waals surface area contributed by atoms with Crippen LogP contribution in [0.1, 0.15) is 133 Å². The quantitative estimate of drug-likeness (QED) is 0.258.